The minimum atomic E-state index is -4.18. The van der Waals surface area contributed by atoms with Gasteiger partial charge in [0.15, 0.2) is 0 Å². The summed E-state index contributed by atoms with van der Waals surface area (Å²) in [5, 5.41) is 3.28. The largest absolute Gasteiger partial charge is 0.494 e. The molecule has 0 saturated carbocycles. The Balaban J connectivity index is 2.00. The first-order valence-electron chi connectivity index (χ1n) is 13.7. The fourth-order valence-electron chi connectivity index (χ4n) is 4.15. The Kier molecular flexibility index (Phi) is 11.6. The van der Waals surface area contributed by atoms with Crippen LogP contribution in [0.25, 0.3) is 0 Å². The van der Waals surface area contributed by atoms with E-state index in [0.29, 0.717) is 23.9 Å². The molecule has 0 spiro atoms. The maximum absolute atomic E-state index is 14.0. The number of nitrogens with zero attached hydrogens (tertiary/aromatic N) is 2. The lowest BCUT2D eigenvalue weighted by atomic mass is 10.1. The molecule has 8 nitrogen and oxygen atoms in total. The van der Waals surface area contributed by atoms with Gasteiger partial charge in [-0.15, -0.1) is 0 Å². The maximum Gasteiger partial charge on any atom is 0.264 e. The molecule has 41 heavy (non-hydrogen) atoms. The van der Waals surface area contributed by atoms with Crippen molar-refractivity contribution >= 4 is 39.1 Å². The van der Waals surface area contributed by atoms with Gasteiger partial charge in [-0.05, 0) is 81.3 Å². The third-order valence-corrected chi connectivity index (χ3v) is 8.63. The normalized spacial score (nSPS) is 11.9. The van der Waals surface area contributed by atoms with Crippen LogP contribution in [-0.2, 0) is 26.2 Å². The Bertz CT molecular complexity index is 1400. The van der Waals surface area contributed by atoms with Crippen LogP contribution in [0.15, 0.2) is 77.7 Å². The van der Waals surface area contributed by atoms with E-state index in [1.165, 1.54) is 29.2 Å². The van der Waals surface area contributed by atoms with E-state index in [-0.39, 0.29) is 23.0 Å². The van der Waals surface area contributed by atoms with Crippen LogP contribution in [0.4, 0.5) is 5.69 Å². The van der Waals surface area contributed by atoms with Crippen molar-refractivity contribution in [3.63, 3.8) is 0 Å². The molecule has 0 heterocycles. The van der Waals surface area contributed by atoms with E-state index in [4.69, 9.17) is 16.3 Å². The van der Waals surface area contributed by atoms with Crippen LogP contribution >= 0.6 is 11.6 Å². The van der Waals surface area contributed by atoms with Crippen LogP contribution in [0, 0.1) is 6.92 Å². The number of hydrogen-bond acceptors (Lipinski definition) is 5. The molecule has 0 bridgehead atoms. The monoisotopic (exact) mass is 599 g/mol. The SMILES string of the molecule is CCCCNC(=O)[C@@H](C)N(Cc1ccc(C)cc1)C(=O)CN(c1ccc(OCC)cc1)S(=O)(=O)c1ccc(Cl)cc1. The molecule has 0 unspecified atom stereocenters. The quantitative estimate of drug-likeness (QED) is 0.244. The third kappa shape index (κ3) is 8.71. The average Bonchev–Trinajstić information content (AvgIpc) is 2.96. The number of carbonyl (C=O) groups is 2. The van der Waals surface area contributed by atoms with E-state index < -0.39 is 28.5 Å². The first-order valence-corrected chi connectivity index (χ1v) is 15.5. The molecule has 3 aromatic rings. The molecule has 0 aliphatic carbocycles. The highest BCUT2D eigenvalue weighted by molar-refractivity contribution is 7.92. The summed E-state index contributed by atoms with van der Waals surface area (Å²) in [4.78, 5) is 28.4. The van der Waals surface area contributed by atoms with Gasteiger partial charge in [0.1, 0.15) is 18.3 Å². The van der Waals surface area contributed by atoms with Crippen LogP contribution in [0.1, 0.15) is 44.7 Å². The zero-order chi connectivity index (χ0) is 30.0. The first kappa shape index (κ1) is 32.0. The molecule has 0 aromatic heterocycles. The van der Waals surface area contributed by atoms with E-state index in [1.54, 1.807) is 31.2 Å². The number of benzene rings is 3. The van der Waals surface area contributed by atoms with Gasteiger partial charge in [-0.3, -0.25) is 13.9 Å². The smallest absolute Gasteiger partial charge is 0.264 e. The summed E-state index contributed by atoms with van der Waals surface area (Å²) in [6, 6.07) is 19.1. The third-order valence-electron chi connectivity index (χ3n) is 6.59. The van der Waals surface area contributed by atoms with Crippen molar-refractivity contribution in [1.29, 1.82) is 0 Å². The minimum absolute atomic E-state index is 0.0148. The van der Waals surface area contributed by atoms with E-state index in [0.717, 1.165) is 28.3 Å². The van der Waals surface area contributed by atoms with Gasteiger partial charge in [-0.25, -0.2) is 8.42 Å². The van der Waals surface area contributed by atoms with Crippen molar-refractivity contribution in [3.8, 4) is 5.75 Å². The second kappa shape index (κ2) is 14.9. The van der Waals surface area contributed by atoms with E-state index >= 15 is 0 Å². The highest BCUT2D eigenvalue weighted by Gasteiger charge is 2.32. The number of halogens is 1. The summed E-state index contributed by atoms with van der Waals surface area (Å²) < 4.78 is 34.3. The van der Waals surface area contributed by atoms with Crippen molar-refractivity contribution in [2.75, 3.05) is 24.0 Å². The molecule has 0 aliphatic heterocycles. The molecule has 220 valence electrons. The molecule has 0 saturated heterocycles. The van der Waals surface area contributed by atoms with Crippen molar-refractivity contribution in [2.24, 2.45) is 0 Å². The summed E-state index contributed by atoms with van der Waals surface area (Å²) >= 11 is 6.01. The van der Waals surface area contributed by atoms with Crippen LogP contribution in [0.5, 0.6) is 5.75 Å². The Labute approximate surface area is 248 Å². The van der Waals surface area contributed by atoms with Crippen molar-refractivity contribution in [1.82, 2.24) is 10.2 Å². The number of rotatable bonds is 14. The van der Waals surface area contributed by atoms with Crippen LogP contribution < -0.4 is 14.4 Å². The lowest BCUT2D eigenvalue weighted by Gasteiger charge is -2.32. The average molecular weight is 600 g/mol. The fraction of sp³-hybridized carbons (Fsp3) is 0.355. The van der Waals surface area contributed by atoms with Crippen LogP contribution in [0.3, 0.4) is 0 Å². The number of amides is 2. The molecular weight excluding hydrogens is 562 g/mol. The van der Waals surface area contributed by atoms with Gasteiger partial charge in [0.05, 0.1) is 17.2 Å². The number of ether oxygens (including phenoxy) is 1. The number of anilines is 1. The number of carbonyl (C=O) groups excluding carboxylic acids is 2. The fourth-order valence-corrected chi connectivity index (χ4v) is 5.69. The summed E-state index contributed by atoms with van der Waals surface area (Å²) in [5.41, 5.74) is 2.17. The van der Waals surface area contributed by atoms with Gasteiger partial charge in [-0.2, -0.15) is 0 Å². The molecule has 0 radical (unpaired) electrons. The number of nitrogens with one attached hydrogen (secondary N) is 1. The molecule has 1 N–H and O–H groups in total. The van der Waals surface area contributed by atoms with Crippen LogP contribution in [-0.4, -0.2) is 50.9 Å². The standard InChI is InChI=1S/C31H38ClN3O5S/c1-5-7-20-33-31(37)24(4)34(21-25-10-8-23(3)9-11-25)30(36)22-35(27-14-16-28(17-15-27)40-6-2)41(38,39)29-18-12-26(32)13-19-29/h8-19,24H,5-7,20-22H2,1-4H3,(H,33,37)/t24-/m1/s1. The number of sulfonamides is 1. The maximum atomic E-state index is 14.0. The van der Waals surface area contributed by atoms with Gasteiger partial charge in [-0.1, -0.05) is 54.8 Å². The molecule has 3 aromatic carbocycles. The highest BCUT2D eigenvalue weighted by atomic mass is 35.5. The molecule has 2 amide bonds. The summed E-state index contributed by atoms with van der Waals surface area (Å²) in [5.74, 6) is -0.244. The minimum Gasteiger partial charge on any atom is -0.494 e. The number of aryl methyl sites for hydroxylation is 1. The Morgan fingerprint density at radius 3 is 2.17 bits per heavy atom. The zero-order valence-electron chi connectivity index (χ0n) is 24.0. The molecule has 1 atom stereocenters. The van der Waals surface area contributed by atoms with Crippen LogP contribution in [0.2, 0.25) is 5.02 Å². The summed E-state index contributed by atoms with van der Waals surface area (Å²) in [6.45, 7) is 8.07. The number of unbranched alkanes of at least 4 members (excludes halogenated alkanes) is 1. The predicted molar refractivity (Wildman–Crippen MR) is 163 cm³/mol. The summed E-state index contributed by atoms with van der Waals surface area (Å²) in [6.07, 6.45) is 1.73. The van der Waals surface area contributed by atoms with Gasteiger partial charge < -0.3 is 15.0 Å². The van der Waals surface area contributed by atoms with Gasteiger partial charge in [0.25, 0.3) is 10.0 Å². The van der Waals surface area contributed by atoms with Gasteiger partial charge >= 0.3 is 0 Å². The van der Waals surface area contributed by atoms with E-state index in [1.807, 2.05) is 45.0 Å². The van der Waals surface area contributed by atoms with Crippen molar-refractivity contribution in [3.05, 3.63) is 88.9 Å². The van der Waals surface area contributed by atoms with Gasteiger partial charge in [0.2, 0.25) is 11.8 Å². The molecule has 0 fully saturated rings. The molecular formula is C31H38ClN3O5S. The lowest BCUT2D eigenvalue weighted by Crippen LogP contribution is -2.51. The lowest BCUT2D eigenvalue weighted by molar-refractivity contribution is -0.139. The topological polar surface area (TPSA) is 96.0 Å². The van der Waals surface area contributed by atoms with E-state index in [2.05, 4.69) is 5.32 Å². The molecule has 10 heteroatoms. The number of hydrogen-bond donors (Lipinski definition) is 1. The molecule has 3 rings (SSSR count). The Hall–Kier alpha value is -3.56. The predicted octanol–water partition coefficient (Wildman–Crippen LogP) is 5.58. The van der Waals surface area contributed by atoms with Gasteiger partial charge in [0, 0.05) is 18.1 Å². The van der Waals surface area contributed by atoms with Crippen molar-refractivity contribution < 1.29 is 22.7 Å². The molecule has 0 aliphatic rings. The van der Waals surface area contributed by atoms with E-state index in [9.17, 15) is 18.0 Å². The second-order valence-electron chi connectivity index (χ2n) is 9.72. The van der Waals surface area contributed by atoms with Crippen molar-refractivity contribution in [2.45, 2.75) is 58.0 Å². The zero-order valence-corrected chi connectivity index (χ0v) is 25.5. The first-order chi connectivity index (χ1) is 19.6. The Morgan fingerprint density at radius 2 is 1.59 bits per heavy atom. The second-order valence-corrected chi connectivity index (χ2v) is 12.0. The Morgan fingerprint density at radius 1 is 0.951 bits per heavy atom. The summed E-state index contributed by atoms with van der Waals surface area (Å²) in [7, 11) is -4.18. The highest BCUT2D eigenvalue weighted by Crippen LogP contribution is 2.27.